The zero-order valence-electron chi connectivity index (χ0n) is 11.3. The van der Waals surface area contributed by atoms with Crippen molar-refractivity contribution in [3.63, 3.8) is 0 Å². The second kappa shape index (κ2) is 5.33. The highest BCUT2D eigenvalue weighted by Crippen LogP contribution is 2.28. The smallest absolute Gasteiger partial charge is 0.231 e. The molecule has 2 N–H and O–H groups in total. The molecule has 5 nitrogen and oxygen atoms in total. The molecule has 3 rings (SSSR count). The standard InChI is InChI=1S/C14H22N4O/c15-13(19)10-17-6-3-4-11(9-17)14-16-8-12-5-1-2-7-18(12)14/h8,11H,1-7,9-10H2,(H2,15,19)/t11-/m1/s1. The topological polar surface area (TPSA) is 64.2 Å². The number of amides is 1. The van der Waals surface area contributed by atoms with E-state index in [1.165, 1.54) is 30.8 Å². The molecule has 3 heterocycles. The second-order valence-electron chi connectivity index (χ2n) is 5.76. The molecule has 5 heteroatoms. The molecule has 0 aliphatic carbocycles. The van der Waals surface area contributed by atoms with Gasteiger partial charge >= 0.3 is 0 Å². The van der Waals surface area contributed by atoms with E-state index < -0.39 is 0 Å². The van der Waals surface area contributed by atoms with Crippen molar-refractivity contribution in [2.45, 2.75) is 44.6 Å². The van der Waals surface area contributed by atoms with Crippen molar-refractivity contribution < 1.29 is 4.79 Å². The average molecular weight is 262 g/mol. The number of rotatable bonds is 3. The maximum atomic E-state index is 11.1. The maximum Gasteiger partial charge on any atom is 0.231 e. The second-order valence-corrected chi connectivity index (χ2v) is 5.76. The normalized spacial score (nSPS) is 24.1. The molecule has 1 atom stereocenters. The van der Waals surface area contributed by atoms with Crippen molar-refractivity contribution in [3.8, 4) is 0 Å². The summed E-state index contributed by atoms with van der Waals surface area (Å²) >= 11 is 0. The van der Waals surface area contributed by atoms with Crippen LogP contribution in [0, 0.1) is 0 Å². The van der Waals surface area contributed by atoms with E-state index in [9.17, 15) is 4.79 Å². The number of hydrogen-bond acceptors (Lipinski definition) is 3. The summed E-state index contributed by atoms with van der Waals surface area (Å²) in [7, 11) is 0. The van der Waals surface area contributed by atoms with Crippen molar-refractivity contribution in [2.75, 3.05) is 19.6 Å². The van der Waals surface area contributed by atoms with Gasteiger partial charge < -0.3 is 10.3 Å². The van der Waals surface area contributed by atoms with E-state index >= 15 is 0 Å². The average Bonchev–Trinajstić information content (AvgIpc) is 2.82. The fraction of sp³-hybridized carbons (Fsp3) is 0.714. The number of aromatic nitrogens is 2. The molecule has 0 aromatic carbocycles. The Hall–Kier alpha value is -1.36. The highest BCUT2D eigenvalue weighted by Gasteiger charge is 2.27. The van der Waals surface area contributed by atoms with Crippen LogP contribution in [0.4, 0.5) is 0 Å². The number of aryl methyl sites for hydroxylation is 1. The van der Waals surface area contributed by atoms with Gasteiger partial charge in [0.25, 0.3) is 0 Å². The van der Waals surface area contributed by atoms with Crippen molar-refractivity contribution >= 4 is 5.91 Å². The van der Waals surface area contributed by atoms with E-state index in [2.05, 4.69) is 14.5 Å². The largest absolute Gasteiger partial charge is 0.369 e. The number of nitrogens with zero attached hydrogens (tertiary/aromatic N) is 3. The van der Waals surface area contributed by atoms with Crippen molar-refractivity contribution in [1.29, 1.82) is 0 Å². The van der Waals surface area contributed by atoms with Gasteiger partial charge in [0.2, 0.25) is 5.91 Å². The third kappa shape index (κ3) is 2.66. The Morgan fingerprint density at radius 1 is 1.37 bits per heavy atom. The van der Waals surface area contributed by atoms with E-state index in [-0.39, 0.29) is 5.91 Å². The van der Waals surface area contributed by atoms with Gasteiger partial charge in [-0.05, 0) is 38.6 Å². The molecular formula is C14H22N4O. The van der Waals surface area contributed by atoms with Gasteiger partial charge in [0.05, 0.1) is 6.54 Å². The monoisotopic (exact) mass is 262 g/mol. The lowest BCUT2D eigenvalue weighted by Gasteiger charge is -2.32. The summed E-state index contributed by atoms with van der Waals surface area (Å²) in [5.74, 6) is 1.45. The molecule has 0 radical (unpaired) electrons. The molecule has 2 aliphatic rings. The molecule has 0 unspecified atom stereocenters. The number of carbonyl (C=O) groups excluding carboxylic acids is 1. The van der Waals surface area contributed by atoms with E-state index in [1.54, 1.807) is 0 Å². The van der Waals surface area contributed by atoms with Crippen LogP contribution in [-0.4, -0.2) is 40.0 Å². The highest BCUT2D eigenvalue weighted by atomic mass is 16.1. The Bertz CT molecular complexity index is 468. The van der Waals surface area contributed by atoms with Crippen LogP contribution in [0.25, 0.3) is 0 Å². The van der Waals surface area contributed by atoms with E-state index in [0.717, 1.165) is 32.5 Å². The molecule has 1 aromatic rings. The molecule has 1 saturated heterocycles. The molecule has 0 saturated carbocycles. The summed E-state index contributed by atoms with van der Waals surface area (Å²) in [5.41, 5.74) is 6.68. The minimum atomic E-state index is -0.231. The summed E-state index contributed by atoms with van der Waals surface area (Å²) in [4.78, 5) is 17.9. The van der Waals surface area contributed by atoms with Crippen molar-refractivity contribution in [3.05, 3.63) is 17.7 Å². The lowest BCUT2D eigenvalue weighted by atomic mass is 9.96. The van der Waals surface area contributed by atoms with Gasteiger partial charge in [-0.1, -0.05) is 0 Å². The summed E-state index contributed by atoms with van der Waals surface area (Å²) in [6.07, 6.45) is 8.04. The summed E-state index contributed by atoms with van der Waals surface area (Å²) < 4.78 is 2.40. The Labute approximate surface area is 113 Å². The van der Waals surface area contributed by atoms with Gasteiger partial charge in [0.15, 0.2) is 0 Å². The van der Waals surface area contributed by atoms with Gasteiger partial charge in [-0.25, -0.2) is 4.98 Å². The van der Waals surface area contributed by atoms with Crippen LogP contribution in [0.2, 0.25) is 0 Å². The Morgan fingerprint density at radius 2 is 2.26 bits per heavy atom. The van der Waals surface area contributed by atoms with Crippen LogP contribution in [0.3, 0.4) is 0 Å². The van der Waals surface area contributed by atoms with Crippen LogP contribution >= 0.6 is 0 Å². The molecule has 19 heavy (non-hydrogen) atoms. The number of likely N-dealkylation sites (tertiary alicyclic amines) is 1. The Balaban J connectivity index is 1.74. The lowest BCUT2D eigenvalue weighted by Crippen LogP contribution is -2.40. The van der Waals surface area contributed by atoms with E-state index in [0.29, 0.717) is 12.5 Å². The minimum Gasteiger partial charge on any atom is -0.369 e. The predicted molar refractivity (Wildman–Crippen MR) is 72.8 cm³/mol. The van der Waals surface area contributed by atoms with Crippen LogP contribution in [-0.2, 0) is 17.8 Å². The molecule has 2 aliphatic heterocycles. The van der Waals surface area contributed by atoms with Crippen molar-refractivity contribution in [1.82, 2.24) is 14.5 Å². The van der Waals surface area contributed by atoms with Gasteiger partial charge in [-0.15, -0.1) is 0 Å². The fourth-order valence-electron chi connectivity index (χ4n) is 3.42. The number of hydrogen-bond donors (Lipinski definition) is 1. The molecule has 1 aromatic heterocycles. The van der Waals surface area contributed by atoms with Crippen LogP contribution < -0.4 is 5.73 Å². The SMILES string of the molecule is NC(=O)CN1CCC[C@@H](c2ncc3n2CCCC3)C1. The first kappa shape index (κ1) is 12.7. The van der Waals surface area contributed by atoms with E-state index in [1.807, 2.05) is 6.20 Å². The molecule has 0 bridgehead atoms. The highest BCUT2D eigenvalue weighted by molar-refractivity contribution is 5.75. The lowest BCUT2D eigenvalue weighted by molar-refractivity contribution is -0.119. The third-order valence-electron chi connectivity index (χ3n) is 4.28. The van der Waals surface area contributed by atoms with Crippen LogP contribution in [0.5, 0.6) is 0 Å². The third-order valence-corrected chi connectivity index (χ3v) is 4.28. The first-order valence-corrected chi connectivity index (χ1v) is 7.29. The van der Waals surface area contributed by atoms with Gasteiger partial charge in [-0.3, -0.25) is 9.69 Å². The fourth-order valence-corrected chi connectivity index (χ4v) is 3.42. The molecule has 1 fully saturated rings. The summed E-state index contributed by atoms with van der Waals surface area (Å²) in [6.45, 7) is 3.38. The summed E-state index contributed by atoms with van der Waals surface area (Å²) in [5, 5.41) is 0. The van der Waals surface area contributed by atoms with Crippen LogP contribution in [0.15, 0.2) is 6.20 Å². The molecular weight excluding hydrogens is 240 g/mol. The van der Waals surface area contributed by atoms with Gasteiger partial charge in [0, 0.05) is 30.9 Å². The number of primary amides is 1. The number of carbonyl (C=O) groups is 1. The Kier molecular flexibility index (Phi) is 3.55. The quantitative estimate of drug-likeness (QED) is 0.879. The number of piperidine rings is 1. The zero-order chi connectivity index (χ0) is 13.2. The number of imidazole rings is 1. The first-order valence-electron chi connectivity index (χ1n) is 7.29. The predicted octanol–water partition coefficient (Wildman–Crippen LogP) is 0.884. The van der Waals surface area contributed by atoms with Crippen LogP contribution in [0.1, 0.15) is 43.1 Å². The number of nitrogens with two attached hydrogens (primary N) is 1. The van der Waals surface area contributed by atoms with E-state index in [4.69, 9.17) is 5.73 Å². The molecule has 0 spiro atoms. The maximum absolute atomic E-state index is 11.1. The molecule has 104 valence electrons. The Morgan fingerprint density at radius 3 is 3.11 bits per heavy atom. The molecule has 1 amide bonds. The van der Waals surface area contributed by atoms with Gasteiger partial charge in [-0.2, -0.15) is 0 Å². The van der Waals surface area contributed by atoms with Gasteiger partial charge in [0.1, 0.15) is 5.82 Å². The zero-order valence-corrected chi connectivity index (χ0v) is 11.3. The number of fused-ring (bicyclic) bond motifs is 1. The summed E-state index contributed by atoms with van der Waals surface area (Å²) in [6, 6.07) is 0. The first-order chi connectivity index (χ1) is 9.24. The minimum absolute atomic E-state index is 0.231. The van der Waals surface area contributed by atoms with Crippen molar-refractivity contribution in [2.24, 2.45) is 5.73 Å².